The van der Waals surface area contributed by atoms with Gasteiger partial charge in [-0.05, 0) is 38.1 Å². The molecule has 0 bridgehead atoms. The number of hydrazone groups is 1. The van der Waals surface area contributed by atoms with Crippen LogP contribution in [0, 0.1) is 5.82 Å². The van der Waals surface area contributed by atoms with E-state index in [1.54, 1.807) is 53.8 Å². The molecule has 1 fully saturated rings. The van der Waals surface area contributed by atoms with Gasteiger partial charge in [0.1, 0.15) is 11.9 Å². The van der Waals surface area contributed by atoms with Crippen LogP contribution in [0.5, 0.6) is 0 Å². The van der Waals surface area contributed by atoms with Crippen LogP contribution in [0.3, 0.4) is 0 Å². The number of cyclic esters (lactones) is 1. The van der Waals surface area contributed by atoms with Gasteiger partial charge in [0.05, 0.1) is 36.9 Å². The molecule has 1 saturated heterocycles. The zero-order valence-electron chi connectivity index (χ0n) is 17.1. The van der Waals surface area contributed by atoms with Crippen LogP contribution in [0.2, 0.25) is 0 Å². The van der Waals surface area contributed by atoms with Crippen molar-refractivity contribution in [3.63, 3.8) is 0 Å². The third-order valence-electron chi connectivity index (χ3n) is 4.63. The third-order valence-corrected chi connectivity index (χ3v) is 4.63. The van der Waals surface area contributed by atoms with Gasteiger partial charge in [-0.1, -0.05) is 11.3 Å². The molecule has 1 aliphatic rings. The quantitative estimate of drug-likeness (QED) is 0.464. The number of pyridine rings is 1. The van der Waals surface area contributed by atoms with Crippen molar-refractivity contribution in [3.05, 3.63) is 60.4 Å². The lowest BCUT2D eigenvalue weighted by Crippen LogP contribution is -2.26. The second-order valence-corrected chi connectivity index (χ2v) is 7.42. The first-order valence-electron chi connectivity index (χ1n) is 9.86. The van der Waals surface area contributed by atoms with Crippen LogP contribution in [-0.2, 0) is 11.3 Å². The zero-order valence-corrected chi connectivity index (χ0v) is 17.1. The number of benzene rings is 1. The van der Waals surface area contributed by atoms with Crippen molar-refractivity contribution in [3.8, 4) is 11.1 Å². The van der Waals surface area contributed by atoms with Gasteiger partial charge in [0.15, 0.2) is 0 Å². The first-order valence-corrected chi connectivity index (χ1v) is 9.86. The molecule has 0 aliphatic carbocycles. The van der Waals surface area contributed by atoms with E-state index in [1.807, 2.05) is 13.8 Å². The molecule has 2 aromatic heterocycles. The summed E-state index contributed by atoms with van der Waals surface area (Å²) in [5.74, 6) is -0.449. The molecule has 10 heteroatoms. The average molecular weight is 423 g/mol. The van der Waals surface area contributed by atoms with Crippen LogP contribution in [0.4, 0.5) is 14.9 Å². The summed E-state index contributed by atoms with van der Waals surface area (Å²) in [6.07, 6.45) is 5.54. The van der Waals surface area contributed by atoms with Gasteiger partial charge in [0.25, 0.3) is 0 Å². The van der Waals surface area contributed by atoms with Crippen LogP contribution in [-0.4, -0.2) is 51.0 Å². The first kappa shape index (κ1) is 20.5. The SMILES string of the molecule is CC(C)N/N=C/c1ccc(-c2ccc(N3C[C@H](Cn4ccnn4)OC3=O)cc2F)cn1. The predicted octanol–water partition coefficient (Wildman–Crippen LogP) is 2.84. The molecule has 1 aliphatic heterocycles. The molecule has 0 saturated carbocycles. The van der Waals surface area contributed by atoms with Crippen LogP contribution in [0.15, 0.2) is 54.0 Å². The van der Waals surface area contributed by atoms with E-state index in [0.717, 1.165) is 0 Å². The Labute approximate surface area is 178 Å². The van der Waals surface area contributed by atoms with Gasteiger partial charge < -0.3 is 10.2 Å². The molecule has 4 rings (SSSR count). The third kappa shape index (κ3) is 4.85. The number of carbonyl (C=O) groups is 1. The Morgan fingerprint density at radius 1 is 1.35 bits per heavy atom. The Balaban J connectivity index is 1.45. The molecular formula is C21H22FN7O2. The van der Waals surface area contributed by atoms with Gasteiger partial charge >= 0.3 is 6.09 Å². The van der Waals surface area contributed by atoms with E-state index in [2.05, 4.69) is 25.8 Å². The van der Waals surface area contributed by atoms with Crippen molar-refractivity contribution >= 4 is 18.0 Å². The average Bonchev–Trinajstić information content (AvgIpc) is 3.38. The van der Waals surface area contributed by atoms with Crippen molar-refractivity contribution in [2.24, 2.45) is 5.10 Å². The minimum Gasteiger partial charge on any atom is -0.442 e. The lowest BCUT2D eigenvalue weighted by molar-refractivity contribution is 0.129. The summed E-state index contributed by atoms with van der Waals surface area (Å²) in [7, 11) is 0. The fourth-order valence-corrected chi connectivity index (χ4v) is 3.17. The maximum Gasteiger partial charge on any atom is 0.414 e. The highest BCUT2D eigenvalue weighted by Gasteiger charge is 2.33. The Bertz CT molecular complexity index is 1070. The Hall–Kier alpha value is -3.82. The van der Waals surface area contributed by atoms with Crippen LogP contribution in [0.1, 0.15) is 19.5 Å². The molecule has 160 valence electrons. The number of anilines is 1. The van der Waals surface area contributed by atoms with Crippen molar-refractivity contribution in [1.29, 1.82) is 0 Å². The Morgan fingerprint density at radius 3 is 2.90 bits per heavy atom. The van der Waals surface area contributed by atoms with Gasteiger partial charge in [-0.25, -0.2) is 13.9 Å². The summed E-state index contributed by atoms with van der Waals surface area (Å²) in [6, 6.07) is 8.43. The summed E-state index contributed by atoms with van der Waals surface area (Å²) in [6.45, 7) is 4.66. The standard InChI is InChI=1S/C21H22FN7O2/c1-14(2)26-25-11-16-4-3-15(10-23-16)19-6-5-17(9-20(19)22)29-13-18(31-21(29)30)12-28-8-7-24-27-28/h3-11,14,18,26H,12-13H2,1-2H3/b25-11+/t18-/m0/s1. The van der Waals surface area contributed by atoms with Gasteiger partial charge in [0, 0.05) is 29.6 Å². The van der Waals surface area contributed by atoms with E-state index >= 15 is 0 Å². The highest BCUT2D eigenvalue weighted by atomic mass is 19.1. The maximum atomic E-state index is 14.8. The number of nitrogens with one attached hydrogen (secondary N) is 1. The number of nitrogens with zero attached hydrogens (tertiary/aromatic N) is 6. The maximum absolute atomic E-state index is 14.8. The lowest BCUT2D eigenvalue weighted by Gasteiger charge is -2.14. The summed E-state index contributed by atoms with van der Waals surface area (Å²) < 4.78 is 21.8. The van der Waals surface area contributed by atoms with Gasteiger partial charge in [-0.15, -0.1) is 5.10 Å². The van der Waals surface area contributed by atoms with Gasteiger partial charge in [0.2, 0.25) is 0 Å². The highest BCUT2D eigenvalue weighted by molar-refractivity contribution is 5.90. The molecule has 1 aromatic carbocycles. The molecular weight excluding hydrogens is 401 g/mol. The van der Waals surface area contributed by atoms with E-state index in [9.17, 15) is 9.18 Å². The Kier molecular flexibility index (Phi) is 5.87. The monoisotopic (exact) mass is 423 g/mol. The molecule has 9 nitrogen and oxygen atoms in total. The summed E-state index contributed by atoms with van der Waals surface area (Å²) in [5.41, 5.74) is 5.04. The molecule has 3 heterocycles. The summed E-state index contributed by atoms with van der Waals surface area (Å²) in [4.78, 5) is 18.0. The van der Waals surface area contributed by atoms with Crippen molar-refractivity contribution in [2.75, 3.05) is 11.4 Å². The van der Waals surface area contributed by atoms with E-state index in [0.29, 0.717) is 35.6 Å². The number of ether oxygens (including phenoxy) is 1. The zero-order chi connectivity index (χ0) is 21.8. The molecule has 1 N–H and O–H groups in total. The van der Waals surface area contributed by atoms with E-state index in [-0.39, 0.29) is 12.1 Å². The molecule has 0 unspecified atom stereocenters. The molecule has 31 heavy (non-hydrogen) atoms. The lowest BCUT2D eigenvalue weighted by atomic mass is 10.1. The number of amides is 1. The minimum atomic E-state index is -0.516. The topological polar surface area (TPSA) is 97.5 Å². The molecule has 1 atom stereocenters. The number of aromatic nitrogens is 4. The van der Waals surface area contributed by atoms with Crippen LogP contribution in [0.25, 0.3) is 11.1 Å². The van der Waals surface area contributed by atoms with Crippen molar-refractivity contribution < 1.29 is 13.9 Å². The molecule has 0 radical (unpaired) electrons. The van der Waals surface area contributed by atoms with E-state index < -0.39 is 11.9 Å². The fourth-order valence-electron chi connectivity index (χ4n) is 3.17. The fraction of sp³-hybridized carbons (Fsp3) is 0.286. The molecule has 0 spiro atoms. The largest absolute Gasteiger partial charge is 0.442 e. The van der Waals surface area contributed by atoms with Crippen molar-refractivity contribution in [2.45, 2.75) is 32.5 Å². The first-order chi connectivity index (χ1) is 15.0. The van der Waals surface area contributed by atoms with E-state index in [4.69, 9.17) is 4.74 Å². The summed E-state index contributed by atoms with van der Waals surface area (Å²) >= 11 is 0. The highest BCUT2D eigenvalue weighted by Crippen LogP contribution is 2.29. The van der Waals surface area contributed by atoms with Gasteiger partial charge in [-0.2, -0.15) is 5.10 Å². The summed E-state index contributed by atoms with van der Waals surface area (Å²) in [5, 5.41) is 11.7. The Morgan fingerprint density at radius 2 is 2.23 bits per heavy atom. The van der Waals surface area contributed by atoms with Crippen molar-refractivity contribution in [1.82, 2.24) is 25.4 Å². The van der Waals surface area contributed by atoms with Crippen LogP contribution < -0.4 is 10.3 Å². The number of hydrogen-bond donors (Lipinski definition) is 1. The number of rotatable bonds is 7. The number of hydrogen-bond acceptors (Lipinski definition) is 7. The normalized spacial score (nSPS) is 16.3. The number of carbonyl (C=O) groups excluding carboxylic acids is 1. The second-order valence-electron chi connectivity index (χ2n) is 7.42. The van der Waals surface area contributed by atoms with Crippen LogP contribution >= 0.6 is 0 Å². The predicted molar refractivity (Wildman–Crippen MR) is 113 cm³/mol. The smallest absolute Gasteiger partial charge is 0.414 e. The second kappa shape index (κ2) is 8.90. The van der Waals surface area contributed by atoms with Gasteiger partial charge in [-0.3, -0.25) is 9.88 Å². The minimum absolute atomic E-state index is 0.230. The number of halogens is 1. The molecule has 1 amide bonds. The van der Waals surface area contributed by atoms with E-state index in [1.165, 1.54) is 11.0 Å². The molecule has 3 aromatic rings.